The molecule has 0 amide bonds. The number of carboxylic acid groups (broad SMARTS) is 1. The number of pyridine rings is 1. The van der Waals surface area contributed by atoms with E-state index < -0.39 is 18.1 Å². The van der Waals surface area contributed by atoms with Gasteiger partial charge in [-0.25, -0.2) is 0 Å². The van der Waals surface area contributed by atoms with Gasteiger partial charge in [0.2, 0.25) is 0 Å². The van der Waals surface area contributed by atoms with Crippen molar-refractivity contribution >= 4 is 17.6 Å². The quantitative estimate of drug-likeness (QED) is 0.102. The van der Waals surface area contributed by atoms with E-state index >= 15 is 0 Å². The number of aromatic nitrogens is 1. The summed E-state index contributed by atoms with van der Waals surface area (Å²) >= 11 is 6.74. The number of hydrogen-bond acceptors (Lipinski definition) is 9. The van der Waals surface area contributed by atoms with E-state index in [1.165, 1.54) is 39.1 Å². The van der Waals surface area contributed by atoms with Gasteiger partial charge in [-0.3, -0.25) is 15.1 Å². The summed E-state index contributed by atoms with van der Waals surface area (Å²) < 4.78 is 18.9. The van der Waals surface area contributed by atoms with Crippen LogP contribution in [0.1, 0.15) is 66.5 Å². The molecule has 11 heteroatoms. The lowest BCUT2D eigenvalue weighted by Crippen LogP contribution is -2.52. The topological polar surface area (TPSA) is 137 Å². The molecule has 0 spiro atoms. The standard InChI is InChI=1S/C41H47ClN4O6/c1-27(13-16-46-14-5-6-15-46)52-37-12-8-11-35(29(37)3)34-10-7-9-32(28(34)2)25-51-39-19-38(50-24-31-17-30(20-43)21-44-22-31)33(18-36(39)42)23-45-41(4,26-47)40(48)49/h7-12,17-19,21-22,27,45,47H,5-6,13-16,23-26H2,1-4H3,(H,48,49)/t27-,41+/m1/s1. The van der Waals surface area contributed by atoms with Crippen LogP contribution in [-0.2, 0) is 24.6 Å². The van der Waals surface area contributed by atoms with Gasteiger partial charge in [-0.05, 0) is 106 Å². The number of aliphatic hydroxyl groups is 1. The van der Waals surface area contributed by atoms with Crippen molar-refractivity contribution in [1.82, 2.24) is 15.2 Å². The van der Waals surface area contributed by atoms with Crippen molar-refractivity contribution in [1.29, 1.82) is 5.26 Å². The first-order valence-corrected chi connectivity index (χ1v) is 18.0. The second-order valence-corrected chi connectivity index (χ2v) is 14.0. The Morgan fingerprint density at radius 3 is 2.42 bits per heavy atom. The first-order chi connectivity index (χ1) is 25.0. The largest absolute Gasteiger partial charge is 0.490 e. The van der Waals surface area contributed by atoms with Crippen molar-refractivity contribution in [2.75, 3.05) is 26.2 Å². The maximum Gasteiger partial charge on any atom is 0.326 e. The minimum absolute atomic E-state index is 0.0374. The Balaban J connectivity index is 1.34. The van der Waals surface area contributed by atoms with Crippen LogP contribution in [-0.4, -0.2) is 64.0 Å². The van der Waals surface area contributed by atoms with Gasteiger partial charge in [0, 0.05) is 42.7 Å². The molecule has 1 saturated heterocycles. The molecule has 4 aromatic rings. The summed E-state index contributed by atoms with van der Waals surface area (Å²) in [5.74, 6) is 0.468. The molecule has 1 aliphatic heterocycles. The maximum absolute atomic E-state index is 11.8. The number of aliphatic carboxylic acids is 1. The predicted molar refractivity (Wildman–Crippen MR) is 201 cm³/mol. The summed E-state index contributed by atoms with van der Waals surface area (Å²) in [5.41, 5.74) is 5.37. The third kappa shape index (κ3) is 9.60. The average molecular weight is 727 g/mol. The van der Waals surface area contributed by atoms with Crippen LogP contribution >= 0.6 is 11.6 Å². The number of likely N-dealkylation sites (tertiary alicyclic amines) is 1. The summed E-state index contributed by atoms with van der Waals surface area (Å²) in [4.78, 5) is 18.4. The van der Waals surface area contributed by atoms with E-state index in [2.05, 4.69) is 54.2 Å². The highest BCUT2D eigenvalue weighted by Crippen LogP contribution is 2.37. The molecule has 0 bridgehead atoms. The van der Waals surface area contributed by atoms with Crippen LogP contribution in [0.25, 0.3) is 11.1 Å². The molecule has 1 aliphatic rings. The fourth-order valence-electron chi connectivity index (χ4n) is 6.20. The van der Waals surface area contributed by atoms with Crippen LogP contribution in [0.3, 0.4) is 0 Å². The highest BCUT2D eigenvalue weighted by Gasteiger charge is 2.32. The van der Waals surface area contributed by atoms with Gasteiger partial charge in [0.25, 0.3) is 0 Å². The summed E-state index contributed by atoms with van der Waals surface area (Å²) in [6, 6.07) is 19.4. The van der Waals surface area contributed by atoms with Crippen molar-refractivity contribution in [3.05, 3.63) is 105 Å². The van der Waals surface area contributed by atoms with E-state index in [-0.39, 0.29) is 25.9 Å². The molecule has 0 unspecified atom stereocenters. The summed E-state index contributed by atoms with van der Waals surface area (Å²) in [6.07, 6.45) is 6.73. The fourth-order valence-corrected chi connectivity index (χ4v) is 6.45. The first kappa shape index (κ1) is 38.6. The second-order valence-electron chi connectivity index (χ2n) is 13.6. The van der Waals surface area contributed by atoms with Gasteiger partial charge >= 0.3 is 5.97 Å². The zero-order valence-corrected chi connectivity index (χ0v) is 31.0. The van der Waals surface area contributed by atoms with E-state index in [9.17, 15) is 20.3 Å². The lowest BCUT2D eigenvalue weighted by molar-refractivity contribution is -0.145. The molecule has 1 fully saturated rings. The number of carbonyl (C=O) groups is 1. The molecule has 0 radical (unpaired) electrons. The number of aliphatic hydroxyl groups excluding tert-OH is 1. The number of nitriles is 1. The Morgan fingerprint density at radius 1 is 1.00 bits per heavy atom. The monoisotopic (exact) mass is 726 g/mol. The zero-order chi connectivity index (χ0) is 37.3. The summed E-state index contributed by atoms with van der Waals surface area (Å²) in [5, 5.41) is 31.9. The number of rotatable bonds is 17. The molecule has 0 saturated carbocycles. The van der Waals surface area contributed by atoms with Crippen molar-refractivity contribution < 1.29 is 29.2 Å². The number of nitrogens with zero attached hydrogens (tertiary/aromatic N) is 3. The predicted octanol–water partition coefficient (Wildman–Crippen LogP) is 7.23. The second kappa shape index (κ2) is 17.7. The molecule has 0 aliphatic carbocycles. The van der Waals surface area contributed by atoms with Gasteiger partial charge in [-0.2, -0.15) is 5.26 Å². The Morgan fingerprint density at radius 2 is 1.71 bits per heavy atom. The van der Waals surface area contributed by atoms with Gasteiger partial charge in [0.15, 0.2) is 0 Å². The van der Waals surface area contributed by atoms with E-state index in [1.807, 2.05) is 24.3 Å². The van der Waals surface area contributed by atoms with Gasteiger partial charge in [-0.1, -0.05) is 41.9 Å². The van der Waals surface area contributed by atoms with Crippen molar-refractivity contribution in [3.63, 3.8) is 0 Å². The van der Waals surface area contributed by atoms with E-state index in [1.54, 1.807) is 24.4 Å². The zero-order valence-electron chi connectivity index (χ0n) is 30.2. The van der Waals surface area contributed by atoms with E-state index in [0.717, 1.165) is 46.5 Å². The van der Waals surface area contributed by atoms with Gasteiger partial charge in [0.1, 0.15) is 42.1 Å². The normalized spacial score (nSPS) is 14.7. The van der Waals surface area contributed by atoms with E-state index in [4.69, 9.17) is 25.8 Å². The third-order valence-electron chi connectivity index (χ3n) is 9.67. The van der Waals surface area contributed by atoms with Crippen molar-refractivity contribution in [3.8, 4) is 34.4 Å². The van der Waals surface area contributed by atoms with Crippen LogP contribution in [0.2, 0.25) is 5.02 Å². The Hall–Kier alpha value is -4.66. The highest BCUT2D eigenvalue weighted by atomic mass is 35.5. The molecule has 274 valence electrons. The van der Waals surface area contributed by atoms with E-state index in [0.29, 0.717) is 33.2 Å². The SMILES string of the molecule is Cc1c(COc2cc(OCc3cncc(C#N)c3)c(CN[C@@](C)(CO)C(=O)O)cc2Cl)cccc1-c1cccc(O[C@H](C)CCN2CCCC2)c1C. The van der Waals surface area contributed by atoms with Crippen LogP contribution in [0.4, 0.5) is 0 Å². The Bertz CT molecular complexity index is 1910. The number of ether oxygens (including phenoxy) is 3. The molecule has 3 aromatic carbocycles. The molecular formula is C41H47ClN4O6. The number of benzene rings is 3. The van der Waals surface area contributed by atoms with Gasteiger partial charge < -0.3 is 29.3 Å². The highest BCUT2D eigenvalue weighted by molar-refractivity contribution is 6.32. The van der Waals surface area contributed by atoms with Crippen molar-refractivity contribution in [2.24, 2.45) is 0 Å². The fraction of sp³-hybridized carbons (Fsp3) is 0.390. The molecule has 52 heavy (non-hydrogen) atoms. The number of hydrogen-bond donors (Lipinski definition) is 3. The van der Waals surface area contributed by atoms with Gasteiger partial charge in [0.05, 0.1) is 23.3 Å². The number of carboxylic acids is 1. The summed E-state index contributed by atoms with van der Waals surface area (Å²) in [6.45, 7) is 10.9. The minimum Gasteiger partial charge on any atom is -0.490 e. The molecule has 1 aromatic heterocycles. The average Bonchev–Trinajstić information content (AvgIpc) is 3.67. The van der Waals surface area contributed by atoms with Crippen LogP contribution < -0.4 is 19.5 Å². The Labute approximate surface area is 310 Å². The maximum atomic E-state index is 11.8. The van der Waals surface area contributed by atoms with Crippen LogP contribution in [0.15, 0.2) is 67.0 Å². The number of nitrogens with one attached hydrogen (secondary N) is 1. The lowest BCUT2D eigenvalue weighted by atomic mass is 9.93. The molecule has 3 N–H and O–H groups in total. The smallest absolute Gasteiger partial charge is 0.326 e. The van der Waals surface area contributed by atoms with Crippen LogP contribution in [0, 0.1) is 25.2 Å². The molecular weight excluding hydrogens is 680 g/mol. The molecule has 2 heterocycles. The molecule has 10 nitrogen and oxygen atoms in total. The summed E-state index contributed by atoms with van der Waals surface area (Å²) in [7, 11) is 0. The minimum atomic E-state index is -1.58. The Kier molecular flexibility index (Phi) is 13.1. The number of halogens is 1. The molecule has 5 rings (SSSR count). The first-order valence-electron chi connectivity index (χ1n) is 17.6. The van der Waals surface area contributed by atoms with Gasteiger partial charge in [-0.15, -0.1) is 0 Å². The third-order valence-corrected chi connectivity index (χ3v) is 9.97. The molecule has 2 atom stereocenters. The lowest BCUT2D eigenvalue weighted by Gasteiger charge is -2.25. The van der Waals surface area contributed by atoms with Crippen molar-refractivity contribution in [2.45, 2.75) is 78.4 Å². The van der Waals surface area contributed by atoms with Crippen LogP contribution in [0.5, 0.6) is 17.2 Å².